The van der Waals surface area contributed by atoms with Crippen LogP contribution in [-0.2, 0) is 13.1 Å². The number of halogens is 1. The van der Waals surface area contributed by atoms with Crippen molar-refractivity contribution in [3.05, 3.63) is 94.5 Å². The molecule has 3 N–H and O–H groups in total. The Morgan fingerprint density at radius 2 is 1.68 bits per heavy atom. The van der Waals surface area contributed by atoms with E-state index < -0.39 is 0 Å². The first-order chi connectivity index (χ1) is 16.5. The fourth-order valence-electron chi connectivity index (χ4n) is 3.98. The van der Waals surface area contributed by atoms with Gasteiger partial charge >= 0.3 is 0 Å². The van der Waals surface area contributed by atoms with Gasteiger partial charge in [-0.05, 0) is 35.9 Å². The molecule has 0 radical (unpaired) electrons. The molecule has 34 heavy (non-hydrogen) atoms. The van der Waals surface area contributed by atoms with Crippen molar-refractivity contribution in [2.24, 2.45) is 0 Å². The number of nitrogens with two attached hydrogens (primary N) is 1. The molecule has 0 atom stereocenters. The molecule has 0 aliphatic rings. The molecule has 0 saturated heterocycles. The molecule has 3 aromatic carbocycles. The lowest BCUT2D eigenvalue weighted by atomic mass is 10.2. The van der Waals surface area contributed by atoms with E-state index in [-0.39, 0.29) is 5.91 Å². The maximum atomic E-state index is 13.3. The maximum Gasteiger partial charge on any atom is 0.257 e. The molecule has 0 spiro atoms. The molecule has 170 valence electrons. The number of hydrogen-bond acceptors (Lipinski definition) is 5. The van der Waals surface area contributed by atoms with Crippen LogP contribution in [0.2, 0.25) is 5.02 Å². The Hall–Kier alpha value is -4.10. The van der Waals surface area contributed by atoms with E-state index in [1.54, 1.807) is 19.2 Å². The molecular weight excluding hydrogens is 450 g/mol. The zero-order chi connectivity index (χ0) is 23.7. The number of amides is 1. The lowest BCUT2D eigenvalue weighted by molar-refractivity contribution is 0.0953. The summed E-state index contributed by atoms with van der Waals surface area (Å²) >= 11 is 5.96. The number of carbonyl (C=O) groups is 1. The van der Waals surface area contributed by atoms with Crippen molar-refractivity contribution < 1.29 is 9.53 Å². The average Bonchev–Trinajstić information content (AvgIpc) is 3.12. The summed E-state index contributed by atoms with van der Waals surface area (Å²) in [6.07, 6.45) is 0. The Kier molecular flexibility index (Phi) is 5.77. The second kappa shape index (κ2) is 9.03. The van der Waals surface area contributed by atoms with Crippen molar-refractivity contribution >= 4 is 45.5 Å². The zero-order valence-electron chi connectivity index (χ0n) is 18.5. The predicted octanol–water partition coefficient (Wildman–Crippen LogP) is 4.81. The third-order valence-corrected chi connectivity index (χ3v) is 5.96. The topological polar surface area (TPSA) is 95.1 Å². The number of para-hydroxylation sites is 3. The highest BCUT2D eigenvalue weighted by atomic mass is 35.5. The summed E-state index contributed by atoms with van der Waals surface area (Å²) in [4.78, 5) is 22.9. The largest absolute Gasteiger partial charge is 0.496 e. The Morgan fingerprint density at radius 1 is 1.00 bits per heavy atom. The van der Waals surface area contributed by atoms with E-state index in [2.05, 4.69) is 5.32 Å². The maximum absolute atomic E-state index is 13.3. The van der Waals surface area contributed by atoms with Crippen LogP contribution in [0.25, 0.3) is 22.2 Å². The molecule has 0 aliphatic heterocycles. The summed E-state index contributed by atoms with van der Waals surface area (Å²) in [5, 5.41) is 3.59. The normalized spacial score (nSPS) is 11.1. The van der Waals surface area contributed by atoms with Gasteiger partial charge < -0.3 is 20.4 Å². The molecular formula is C26H22ClN5O2. The zero-order valence-corrected chi connectivity index (χ0v) is 19.2. The molecule has 5 aromatic rings. The van der Waals surface area contributed by atoms with E-state index in [0.29, 0.717) is 46.2 Å². The molecule has 0 aliphatic carbocycles. The van der Waals surface area contributed by atoms with Crippen LogP contribution >= 0.6 is 11.6 Å². The van der Waals surface area contributed by atoms with Gasteiger partial charge in [0.1, 0.15) is 22.6 Å². The van der Waals surface area contributed by atoms with Crippen LogP contribution in [0.4, 0.5) is 5.82 Å². The summed E-state index contributed by atoms with van der Waals surface area (Å²) in [5.74, 6) is 0.705. The summed E-state index contributed by atoms with van der Waals surface area (Å²) in [6, 6.07) is 22.5. The van der Waals surface area contributed by atoms with E-state index >= 15 is 0 Å². The van der Waals surface area contributed by atoms with Gasteiger partial charge in [-0.25, -0.2) is 9.97 Å². The molecule has 0 bridgehead atoms. The number of rotatable bonds is 6. The number of hydrogen-bond donors (Lipinski definition) is 2. The molecule has 7 nitrogen and oxygen atoms in total. The third-order valence-electron chi connectivity index (χ3n) is 5.71. The van der Waals surface area contributed by atoms with Crippen molar-refractivity contribution in [1.29, 1.82) is 0 Å². The molecule has 2 heterocycles. The number of nitrogens with zero attached hydrogens (tertiary/aromatic N) is 3. The first-order valence-electron chi connectivity index (χ1n) is 10.7. The summed E-state index contributed by atoms with van der Waals surface area (Å²) < 4.78 is 7.32. The molecule has 0 fully saturated rings. The van der Waals surface area contributed by atoms with Gasteiger partial charge in [0.2, 0.25) is 0 Å². The number of anilines is 1. The van der Waals surface area contributed by atoms with E-state index in [9.17, 15) is 4.79 Å². The first-order valence-corrected chi connectivity index (χ1v) is 11.1. The van der Waals surface area contributed by atoms with Crippen LogP contribution in [0.3, 0.4) is 0 Å². The van der Waals surface area contributed by atoms with Gasteiger partial charge in [0.15, 0.2) is 5.65 Å². The molecule has 8 heteroatoms. The lowest BCUT2D eigenvalue weighted by Gasteiger charge is -2.11. The number of ether oxygens (including phenoxy) is 1. The van der Waals surface area contributed by atoms with Gasteiger partial charge in [0.05, 0.1) is 24.7 Å². The van der Waals surface area contributed by atoms with Gasteiger partial charge in [-0.3, -0.25) is 4.79 Å². The van der Waals surface area contributed by atoms with Crippen molar-refractivity contribution in [1.82, 2.24) is 19.9 Å². The standard InChI is InChI=1S/C26H22ClN5O2/c1-34-21-9-5-2-6-17(21)15-32-24(28)22(26(33)29-14-16-10-12-18(27)13-11-16)23-25(32)31-20-8-4-3-7-19(20)30-23/h2-13H,14-15,28H2,1H3,(H,29,33). The predicted molar refractivity (Wildman–Crippen MR) is 134 cm³/mol. The van der Waals surface area contributed by atoms with Gasteiger partial charge in [-0.1, -0.05) is 54.1 Å². The van der Waals surface area contributed by atoms with E-state index in [1.165, 1.54) is 0 Å². The highest BCUT2D eigenvalue weighted by Gasteiger charge is 2.24. The fourth-order valence-corrected chi connectivity index (χ4v) is 4.10. The second-order valence-corrected chi connectivity index (χ2v) is 8.29. The minimum Gasteiger partial charge on any atom is -0.496 e. The van der Waals surface area contributed by atoms with E-state index in [4.69, 9.17) is 32.0 Å². The SMILES string of the molecule is COc1ccccc1Cn1c(N)c(C(=O)NCc2ccc(Cl)cc2)c2nc3ccccc3nc21. The van der Waals surface area contributed by atoms with Gasteiger partial charge in [0, 0.05) is 17.1 Å². The number of fused-ring (bicyclic) bond motifs is 2. The van der Waals surface area contributed by atoms with Gasteiger partial charge in [-0.2, -0.15) is 0 Å². The highest BCUT2D eigenvalue weighted by molar-refractivity contribution is 6.30. The average molecular weight is 472 g/mol. The van der Waals surface area contributed by atoms with Crippen LogP contribution in [0, 0.1) is 0 Å². The monoisotopic (exact) mass is 471 g/mol. The number of nitrogens with one attached hydrogen (secondary N) is 1. The Bertz CT molecular complexity index is 1510. The van der Waals surface area contributed by atoms with Crippen LogP contribution in [0.5, 0.6) is 5.75 Å². The minimum atomic E-state index is -0.319. The number of benzene rings is 3. The van der Waals surface area contributed by atoms with Crippen molar-refractivity contribution in [3.63, 3.8) is 0 Å². The molecule has 5 rings (SSSR count). The lowest BCUT2D eigenvalue weighted by Crippen LogP contribution is -2.24. The number of carbonyl (C=O) groups excluding carboxylic acids is 1. The van der Waals surface area contributed by atoms with Crippen LogP contribution in [0.1, 0.15) is 21.5 Å². The van der Waals surface area contributed by atoms with Gasteiger partial charge in [0.25, 0.3) is 5.91 Å². The molecule has 0 unspecified atom stereocenters. The van der Waals surface area contributed by atoms with Crippen molar-refractivity contribution in [3.8, 4) is 5.75 Å². The van der Waals surface area contributed by atoms with Crippen molar-refractivity contribution in [2.75, 3.05) is 12.8 Å². The Balaban J connectivity index is 1.60. The molecule has 0 saturated carbocycles. The van der Waals surface area contributed by atoms with E-state index in [0.717, 1.165) is 22.4 Å². The van der Waals surface area contributed by atoms with Gasteiger partial charge in [-0.15, -0.1) is 0 Å². The van der Waals surface area contributed by atoms with E-state index in [1.807, 2.05) is 65.2 Å². The number of methoxy groups -OCH3 is 1. The summed E-state index contributed by atoms with van der Waals surface area (Å²) in [5.41, 5.74) is 11.1. The number of nitrogen functional groups attached to an aromatic ring is 1. The second-order valence-electron chi connectivity index (χ2n) is 7.85. The minimum absolute atomic E-state index is 0.296. The quantitative estimate of drug-likeness (QED) is 0.370. The van der Waals surface area contributed by atoms with Crippen LogP contribution < -0.4 is 15.8 Å². The first kappa shape index (κ1) is 21.7. The van der Waals surface area contributed by atoms with Crippen molar-refractivity contribution in [2.45, 2.75) is 13.1 Å². The number of aromatic nitrogens is 3. The van der Waals surface area contributed by atoms with Crippen LogP contribution in [0.15, 0.2) is 72.8 Å². The summed E-state index contributed by atoms with van der Waals surface area (Å²) in [6.45, 7) is 0.708. The third kappa shape index (κ3) is 4.02. The molecule has 1 amide bonds. The smallest absolute Gasteiger partial charge is 0.257 e. The Labute approximate surface area is 201 Å². The fraction of sp³-hybridized carbons (Fsp3) is 0.115. The highest BCUT2D eigenvalue weighted by Crippen LogP contribution is 2.30. The molecule has 2 aromatic heterocycles. The Morgan fingerprint density at radius 3 is 2.41 bits per heavy atom. The van der Waals surface area contributed by atoms with Crippen LogP contribution in [-0.4, -0.2) is 27.6 Å². The summed E-state index contributed by atoms with van der Waals surface area (Å²) in [7, 11) is 1.62.